The highest BCUT2D eigenvalue weighted by atomic mass is 32.2. The van der Waals surface area contributed by atoms with Crippen LogP contribution in [0.5, 0.6) is 0 Å². The predicted molar refractivity (Wildman–Crippen MR) is 83.1 cm³/mol. The van der Waals surface area contributed by atoms with E-state index in [2.05, 4.69) is 39.7 Å². The highest BCUT2D eigenvalue weighted by molar-refractivity contribution is 7.99. The van der Waals surface area contributed by atoms with Crippen molar-refractivity contribution in [1.82, 2.24) is 19.7 Å². The lowest BCUT2D eigenvalue weighted by Crippen LogP contribution is -2.13. The first-order chi connectivity index (χ1) is 10.1. The highest BCUT2D eigenvalue weighted by Gasteiger charge is 2.16. The molecular weight excluding hydrogens is 286 g/mol. The molecule has 6 nitrogen and oxygen atoms in total. The summed E-state index contributed by atoms with van der Waals surface area (Å²) in [5.41, 5.74) is 7.80. The molecular formula is C14H15N5OS. The molecule has 2 aromatic heterocycles. The van der Waals surface area contributed by atoms with Crippen molar-refractivity contribution in [3.8, 4) is 0 Å². The quantitative estimate of drug-likeness (QED) is 0.746. The van der Waals surface area contributed by atoms with Crippen LogP contribution in [-0.2, 0) is 4.79 Å². The lowest BCUT2D eigenvalue weighted by molar-refractivity contribution is -0.115. The number of nitrogens with two attached hydrogens (primary N) is 1. The minimum absolute atomic E-state index is 0.148. The van der Waals surface area contributed by atoms with Gasteiger partial charge in [0.25, 0.3) is 0 Å². The summed E-state index contributed by atoms with van der Waals surface area (Å²) >= 11 is 1.20. The van der Waals surface area contributed by atoms with Crippen LogP contribution in [0.15, 0.2) is 29.4 Å². The largest absolute Gasteiger partial charge is 0.369 e. The van der Waals surface area contributed by atoms with E-state index in [1.807, 2.05) is 18.2 Å². The van der Waals surface area contributed by atoms with Crippen molar-refractivity contribution in [1.29, 1.82) is 0 Å². The summed E-state index contributed by atoms with van der Waals surface area (Å²) in [4.78, 5) is 15.4. The third-order valence-corrected chi connectivity index (χ3v) is 4.02. The molecule has 0 bridgehead atoms. The fourth-order valence-electron chi connectivity index (χ4n) is 2.36. The van der Waals surface area contributed by atoms with E-state index in [1.165, 1.54) is 11.8 Å². The monoisotopic (exact) mass is 301 g/mol. The molecule has 0 radical (unpaired) electrons. The molecule has 3 aromatic rings. The number of aromatic nitrogens is 4. The van der Waals surface area contributed by atoms with Gasteiger partial charge in [-0.2, -0.15) is 0 Å². The fraction of sp³-hybridized carbons (Fsp3) is 0.286. The van der Waals surface area contributed by atoms with E-state index >= 15 is 0 Å². The fourth-order valence-corrected chi connectivity index (χ4v) is 2.88. The Hall–Kier alpha value is -2.15. The van der Waals surface area contributed by atoms with Crippen LogP contribution in [-0.4, -0.2) is 31.4 Å². The number of fused-ring (bicyclic) bond motifs is 3. The molecule has 1 amide bonds. The minimum atomic E-state index is -0.395. The van der Waals surface area contributed by atoms with Gasteiger partial charge >= 0.3 is 0 Å². The van der Waals surface area contributed by atoms with E-state index in [9.17, 15) is 4.79 Å². The number of hydrogen-bond donors (Lipinski definition) is 1. The van der Waals surface area contributed by atoms with Gasteiger partial charge in [0.15, 0.2) is 5.65 Å². The molecule has 3 rings (SSSR count). The number of primary amides is 1. The maximum atomic E-state index is 10.9. The number of rotatable bonds is 4. The Morgan fingerprint density at radius 2 is 2.10 bits per heavy atom. The zero-order valence-corrected chi connectivity index (χ0v) is 12.6. The van der Waals surface area contributed by atoms with Crippen molar-refractivity contribution < 1.29 is 4.79 Å². The number of para-hydroxylation sites is 1. The van der Waals surface area contributed by atoms with Gasteiger partial charge in [-0.3, -0.25) is 4.79 Å². The average molecular weight is 301 g/mol. The number of thioether (sulfide) groups is 1. The van der Waals surface area contributed by atoms with Gasteiger partial charge in [-0.25, -0.2) is 4.98 Å². The standard InChI is InChI=1S/C14H15N5OS/c1-8(2)19-10-6-4-3-5-9(10)12-13(19)16-14(18-17-12)21-7-11(15)20/h3-6,8H,7H2,1-2H3,(H2,15,20). The van der Waals surface area contributed by atoms with Crippen molar-refractivity contribution >= 4 is 39.7 Å². The molecule has 0 unspecified atom stereocenters. The molecule has 7 heteroatoms. The minimum Gasteiger partial charge on any atom is -0.369 e. The number of benzene rings is 1. The van der Waals surface area contributed by atoms with Crippen LogP contribution in [0.2, 0.25) is 0 Å². The molecule has 0 fully saturated rings. The summed E-state index contributed by atoms with van der Waals surface area (Å²) in [7, 11) is 0. The average Bonchev–Trinajstić information content (AvgIpc) is 2.78. The number of nitrogens with zero attached hydrogens (tertiary/aromatic N) is 4. The Kier molecular flexibility index (Phi) is 3.50. The summed E-state index contributed by atoms with van der Waals surface area (Å²) in [5.74, 6) is -0.247. The molecule has 2 N–H and O–H groups in total. The van der Waals surface area contributed by atoms with E-state index in [1.54, 1.807) is 0 Å². The Morgan fingerprint density at radius 3 is 2.81 bits per heavy atom. The maximum absolute atomic E-state index is 10.9. The lowest BCUT2D eigenvalue weighted by Gasteiger charge is -2.10. The normalized spacial score (nSPS) is 11.6. The highest BCUT2D eigenvalue weighted by Crippen LogP contribution is 2.29. The Labute approximate surface area is 125 Å². The molecule has 2 heterocycles. The predicted octanol–water partition coefficient (Wildman–Crippen LogP) is 2.14. The molecule has 108 valence electrons. The van der Waals surface area contributed by atoms with Gasteiger partial charge in [-0.1, -0.05) is 30.0 Å². The molecule has 0 saturated carbocycles. The summed E-state index contributed by atoms with van der Waals surface area (Å²) in [6.07, 6.45) is 0. The van der Waals surface area contributed by atoms with Gasteiger partial charge in [0, 0.05) is 11.4 Å². The molecule has 0 aliphatic rings. The molecule has 0 saturated heterocycles. The zero-order valence-electron chi connectivity index (χ0n) is 11.8. The first-order valence-corrected chi connectivity index (χ1v) is 7.61. The van der Waals surface area contributed by atoms with Crippen LogP contribution in [0.1, 0.15) is 19.9 Å². The third-order valence-electron chi connectivity index (χ3n) is 3.16. The smallest absolute Gasteiger partial charge is 0.227 e. The first kappa shape index (κ1) is 13.8. The Balaban J connectivity index is 2.21. The van der Waals surface area contributed by atoms with Crippen LogP contribution in [0, 0.1) is 0 Å². The van der Waals surface area contributed by atoms with Crippen LogP contribution in [0.3, 0.4) is 0 Å². The second kappa shape index (κ2) is 5.33. The van der Waals surface area contributed by atoms with E-state index in [0.717, 1.165) is 22.1 Å². The second-order valence-corrected chi connectivity index (χ2v) is 5.94. The summed E-state index contributed by atoms with van der Waals surface area (Å²) < 4.78 is 2.13. The van der Waals surface area contributed by atoms with Crippen molar-refractivity contribution in [2.24, 2.45) is 5.73 Å². The summed E-state index contributed by atoms with van der Waals surface area (Å²) in [6.45, 7) is 4.20. The van der Waals surface area contributed by atoms with Crippen LogP contribution < -0.4 is 5.73 Å². The van der Waals surface area contributed by atoms with Crippen molar-refractivity contribution in [3.63, 3.8) is 0 Å². The maximum Gasteiger partial charge on any atom is 0.227 e. The van der Waals surface area contributed by atoms with Gasteiger partial charge in [-0.15, -0.1) is 10.2 Å². The second-order valence-electron chi connectivity index (χ2n) is 5.00. The van der Waals surface area contributed by atoms with Gasteiger partial charge in [-0.05, 0) is 19.9 Å². The topological polar surface area (TPSA) is 86.7 Å². The van der Waals surface area contributed by atoms with E-state index in [4.69, 9.17) is 5.73 Å². The number of carbonyl (C=O) groups is 1. The van der Waals surface area contributed by atoms with Crippen LogP contribution in [0.25, 0.3) is 22.1 Å². The first-order valence-electron chi connectivity index (χ1n) is 6.62. The van der Waals surface area contributed by atoms with Crippen LogP contribution >= 0.6 is 11.8 Å². The summed E-state index contributed by atoms with van der Waals surface area (Å²) in [6, 6.07) is 8.29. The summed E-state index contributed by atoms with van der Waals surface area (Å²) in [5, 5.41) is 9.87. The number of amides is 1. The van der Waals surface area contributed by atoms with Crippen molar-refractivity contribution in [2.45, 2.75) is 25.0 Å². The molecule has 21 heavy (non-hydrogen) atoms. The number of hydrogen-bond acceptors (Lipinski definition) is 5. The third kappa shape index (κ3) is 2.44. The van der Waals surface area contributed by atoms with E-state index < -0.39 is 5.91 Å². The zero-order chi connectivity index (χ0) is 15.0. The molecule has 1 aromatic carbocycles. The van der Waals surface area contributed by atoms with E-state index in [0.29, 0.717) is 5.16 Å². The van der Waals surface area contributed by atoms with Gasteiger partial charge < -0.3 is 10.3 Å². The SMILES string of the molecule is CC(C)n1c2ccccc2c2nnc(SCC(N)=O)nc21. The van der Waals surface area contributed by atoms with Gasteiger partial charge in [0.1, 0.15) is 5.52 Å². The van der Waals surface area contributed by atoms with E-state index in [-0.39, 0.29) is 11.8 Å². The Bertz CT molecular complexity index is 827. The van der Waals surface area contributed by atoms with Gasteiger partial charge in [0.2, 0.25) is 11.1 Å². The van der Waals surface area contributed by atoms with Gasteiger partial charge in [0.05, 0.1) is 11.3 Å². The molecule has 0 spiro atoms. The number of carbonyl (C=O) groups excluding carboxylic acids is 1. The Morgan fingerprint density at radius 1 is 1.33 bits per heavy atom. The molecule has 0 aliphatic carbocycles. The molecule has 0 atom stereocenters. The van der Waals surface area contributed by atoms with Crippen molar-refractivity contribution in [3.05, 3.63) is 24.3 Å². The molecule has 0 aliphatic heterocycles. The van der Waals surface area contributed by atoms with Crippen molar-refractivity contribution in [2.75, 3.05) is 5.75 Å². The van der Waals surface area contributed by atoms with Crippen LogP contribution in [0.4, 0.5) is 0 Å². The lowest BCUT2D eigenvalue weighted by atomic mass is 10.2.